The van der Waals surface area contributed by atoms with Crippen LogP contribution in [0.1, 0.15) is 70.4 Å². The van der Waals surface area contributed by atoms with Crippen LogP contribution in [0.25, 0.3) is 0 Å². The Kier molecular flexibility index (Phi) is 8.23. The quantitative estimate of drug-likeness (QED) is 0.666. The number of rotatable bonds is 10. The number of ether oxygens (including phenoxy) is 1. The third-order valence-corrected chi connectivity index (χ3v) is 6.11. The van der Waals surface area contributed by atoms with Crippen LogP contribution in [-0.4, -0.2) is 22.1 Å². The lowest BCUT2D eigenvalue weighted by Gasteiger charge is -2.19. The Morgan fingerprint density at radius 2 is 1.88 bits per heavy atom. The van der Waals surface area contributed by atoms with Crippen LogP contribution < -0.4 is 9.46 Å². The number of benzene rings is 1. The summed E-state index contributed by atoms with van der Waals surface area (Å²) in [7, 11) is -1.89. The third-order valence-electron chi connectivity index (χ3n) is 4.54. The summed E-state index contributed by atoms with van der Waals surface area (Å²) in [5.74, 6) is 1.33. The number of hydrogen-bond acceptors (Lipinski definition) is 3. The second kappa shape index (κ2) is 9.42. The van der Waals surface area contributed by atoms with Crippen molar-refractivity contribution in [1.29, 1.82) is 0 Å². The second-order valence-electron chi connectivity index (χ2n) is 6.78. The van der Waals surface area contributed by atoms with E-state index in [1.165, 1.54) is 0 Å². The molecule has 0 fully saturated rings. The molecule has 0 aromatic heterocycles. The van der Waals surface area contributed by atoms with E-state index >= 15 is 0 Å². The lowest BCUT2D eigenvalue weighted by atomic mass is 10.00. The first-order valence-corrected chi connectivity index (χ1v) is 10.4. The first kappa shape index (κ1) is 21.0. The van der Waals surface area contributed by atoms with Gasteiger partial charge in [-0.1, -0.05) is 47.0 Å². The fourth-order valence-corrected chi connectivity index (χ4v) is 4.22. The smallest absolute Gasteiger partial charge is 0.240 e. The van der Waals surface area contributed by atoms with Gasteiger partial charge in [-0.3, -0.25) is 0 Å². The Bertz CT molecular complexity index is 624. The highest BCUT2D eigenvalue weighted by Gasteiger charge is 2.21. The van der Waals surface area contributed by atoms with Crippen LogP contribution in [0.4, 0.5) is 0 Å². The average Bonchev–Trinajstić information content (AvgIpc) is 2.54. The van der Waals surface area contributed by atoms with Crippen LogP contribution in [0.2, 0.25) is 0 Å². The van der Waals surface area contributed by atoms with E-state index < -0.39 is 10.0 Å². The number of nitrogens with one attached hydrogen (secondary N) is 1. The maximum atomic E-state index is 12.8. The number of methoxy groups -OCH3 is 1. The van der Waals surface area contributed by atoms with Crippen LogP contribution in [0.5, 0.6) is 5.75 Å². The lowest BCUT2D eigenvalue weighted by Crippen LogP contribution is -2.30. The summed E-state index contributed by atoms with van der Waals surface area (Å²) >= 11 is 0. The fourth-order valence-electron chi connectivity index (χ4n) is 2.84. The van der Waals surface area contributed by atoms with E-state index in [1.54, 1.807) is 13.2 Å². The van der Waals surface area contributed by atoms with Gasteiger partial charge >= 0.3 is 0 Å². The highest BCUT2D eigenvalue weighted by atomic mass is 32.2. The predicted octanol–water partition coefficient (Wildman–Crippen LogP) is 4.62. The van der Waals surface area contributed by atoms with Gasteiger partial charge in [0.15, 0.2) is 0 Å². The molecule has 1 aromatic rings. The molecule has 0 aliphatic rings. The molecule has 0 aliphatic carbocycles. The Labute approximate surface area is 148 Å². The van der Waals surface area contributed by atoms with Gasteiger partial charge in [0, 0.05) is 6.54 Å². The van der Waals surface area contributed by atoms with E-state index in [0.717, 1.165) is 37.0 Å². The molecular weight excluding hydrogens is 322 g/mol. The zero-order chi connectivity index (χ0) is 18.3. The van der Waals surface area contributed by atoms with Gasteiger partial charge in [-0.05, 0) is 48.4 Å². The molecule has 0 heterocycles. The van der Waals surface area contributed by atoms with E-state index in [1.807, 2.05) is 26.8 Å². The highest BCUT2D eigenvalue weighted by Crippen LogP contribution is 2.31. The minimum Gasteiger partial charge on any atom is -0.496 e. The van der Waals surface area contributed by atoms with Crippen LogP contribution in [0.3, 0.4) is 0 Å². The first-order valence-electron chi connectivity index (χ1n) is 8.94. The van der Waals surface area contributed by atoms with Gasteiger partial charge in [0.05, 0.1) is 12.0 Å². The summed E-state index contributed by atoms with van der Waals surface area (Å²) in [6.07, 6.45) is 4.33. The molecule has 0 unspecified atom stereocenters. The van der Waals surface area contributed by atoms with E-state index in [0.29, 0.717) is 22.9 Å². The normalized spacial score (nSPS) is 13.3. The van der Waals surface area contributed by atoms with Crippen molar-refractivity contribution >= 4 is 10.0 Å². The van der Waals surface area contributed by atoms with E-state index in [2.05, 4.69) is 18.6 Å². The summed E-state index contributed by atoms with van der Waals surface area (Å²) in [6, 6.07) is 3.58. The highest BCUT2D eigenvalue weighted by molar-refractivity contribution is 7.89. The van der Waals surface area contributed by atoms with E-state index in [4.69, 9.17) is 4.74 Å². The van der Waals surface area contributed by atoms with E-state index in [9.17, 15) is 8.42 Å². The van der Waals surface area contributed by atoms with Gasteiger partial charge in [-0.2, -0.15) is 0 Å². The molecule has 1 rings (SSSR count). The first-order chi connectivity index (χ1) is 11.3. The van der Waals surface area contributed by atoms with Gasteiger partial charge in [0.1, 0.15) is 5.75 Å². The molecule has 0 bridgehead atoms. The van der Waals surface area contributed by atoms with Crippen molar-refractivity contribution in [1.82, 2.24) is 4.72 Å². The van der Waals surface area contributed by atoms with Crippen molar-refractivity contribution in [2.24, 2.45) is 5.92 Å². The summed E-state index contributed by atoms with van der Waals surface area (Å²) in [5.41, 5.74) is 1.63. The number of hydrogen-bond donors (Lipinski definition) is 1. The van der Waals surface area contributed by atoms with Gasteiger partial charge in [0.2, 0.25) is 10.0 Å². The molecule has 0 aliphatic heterocycles. The fraction of sp³-hybridized carbons (Fsp3) is 0.684. The van der Waals surface area contributed by atoms with Gasteiger partial charge in [0.25, 0.3) is 0 Å². The van der Waals surface area contributed by atoms with Gasteiger partial charge < -0.3 is 4.74 Å². The van der Waals surface area contributed by atoms with Crippen molar-refractivity contribution in [3.63, 3.8) is 0 Å². The minimum atomic E-state index is -3.51. The lowest BCUT2D eigenvalue weighted by molar-refractivity contribution is 0.406. The topological polar surface area (TPSA) is 55.4 Å². The maximum absolute atomic E-state index is 12.8. The van der Waals surface area contributed by atoms with Crippen molar-refractivity contribution in [2.75, 3.05) is 13.7 Å². The molecule has 1 aromatic carbocycles. The molecule has 0 radical (unpaired) electrons. The SMILES string of the molecule is CCCC[C@H](CC)CNS(=O)(=O)c1cc(C(C)C)c(OC)cc1C. The van der Waals surface area contributed by atoms with Gasteiger partial charge in [-0.25, -0.2) is 13.1 Å². The molecule has 0 saturated heterocycles. The van der Waals surface area contributed by atoms with Crippen molar-refractivity contribution in [3.05, 3.63) is 23.3 Å². The zero-order valence-electron chi connectivity index (χ0n) is 16.0. The number of aryl methyl sites for hydroxylation is 1. The molecule has 24 heavy (non-hydrogen) atoms. The molecule has 0 amide bonds. The number of sulfonamides is 1. The van der Waals surface area contributed by atoms with E-state index in [-0.39, 0.29) is 5.92 Å². The van der Waals surface area contributed by atoms with Crippen molar-refractivity contribution in [2.45, 2.75) is 71.1 Å². The third kappa shape index (κ3) is 5.49. The summed E-state index contributed by atoms with van der Waals surface area (Å²) in [4.78, 5) is 0.359. The Morgan fingerprint density at radius 3 is 2.38 bits per heavy atom. The minimum absolute atomic E-state index is 0.197. The van der Waals surface area contributed by atoms with Gasteiger partial charge in [-0.15, -0.1) is 0 Å². The molecule has 1 atom stereocenters. The zero-order valence-corrected chi connectivity index (χ0v) is 16.8. The molecule has 4 nitrogen and oxygen atoms in total. The van der Waals surface area contributed by atoms with Crippen LogP contribution in [-0.2, 0) is 10.0 Å². The molecule has 1 N–H and O–H groups in total. The largest absolute Gasteiger partial charge is 0.496 e. The van der Waals surface area contributed by atoms with Crippen LogP contribution in [0.15, 0.2) is 17.0 Å². The summed E-state index contributed by atoms with van der Waals surface area (Å²) in [6.45, 7) is 10.7. The maximum Gasteiger partial charge on any atom is 0.240 e. The predicted molar refractivity (Wildman–Crippen MR) is 100 cm³/mol. The molecule has 0 saturated carbocycles. The Morgan fingerprint density at radius 1 is 1.21 bits per heavy atom. The molecular formula is C19H33NO3S. The van der Waals surface area contributed by atoms with Crippen molar-refractivity contribution in [3.8, 4) is 5.75 Å². The second-order valence-corrected chi connectivity index (χ2v) is 8.52. The van der Waals surface area contributed by atoms with Crippen LogP contribution >= 0.6 is 0 Å². The standard InChI is InChI=1S/C19H33NO3S/c1-7-9-10-16(8-2)13-20-24(21,22)19-12-17(14(3)4)18(23-6)11-15(19)5/h11-12,14,16,20H,7-10,13H2,1-6H3/t16-/m0/s1. The Hall–Kier alpha value is -1.07. The molecule has 0 spiro atoms. The summed E-state index contributed by atoms with van der Waals surface area (Å²) < 4.78 is 33.8. The van der Waals surface area contributed by atoms with Crippen molar-refractivity contribution < 1.29 is 13.2 Å². The molecule has 5 heteroatoms. The Balaban J connectivity index is 3.03. The monoisotopic (exact) mass is 355 g/mol. The number of unbranched alkanes of at least 4 members (excludes halogenated alkanes) is 1. The summed E-state index contributed by atoms with van der Waals surface area (Å²) in [5, 5.41) is 0. The van der Waals surface area contributed by atoms with Crippen LogP contribution in [0, 0.1) is 12.8 Å². The average molecular weight is 356 g/mol. The molecule has 138 valence electrons.